The summed E-state index contributed by atoms with van der Waals surface area (Å²) in [5.41, 5.74) is 2.04. The van der Waals surface area contributed by atoms with Crippen molar-refractivity contribution >= 4 is 17.2 Å². The third-order valence-corrected chi connectivity index (χ3v) is 2.42. The van der Waals surface area contributed by atoms with Crippen LogP contribution in [0.25, 0.3) is 11.3 Å². The summed E-state index contributed by atoms with van der Waals surface area (Å²) < 4.78 is 0. The summed E-state index contributed by atoms with van der Waals surface area (Å²) in [6, 6.07) is 5.91. The number of rotatable bonds is 2. The Morgan fingerprint density at radius 2 is 2.15 bits per heavy atom. The van der Waals surface area contributed by atoms with Gasteiger partial charge in [-0.1, -0.05) is 0 Å². The van der Waals surface area contributed by atoms with Gasteiger partial charge in [-0.15, -0.1) is 10.2 Å². The third-order valence-electron chi connectivity index (χ3n) is 1.74. The van der Waals surface area contributed by atoms with Gasteiger partial charge in [-0.2, -0.15) is 11.3 Å². The standard InChI is InChI=1S/C9H9N3S/c1-10-9-3-2-8(11-12-9)7-4-5-13-6-7/h2-6H,1H3,(H,10,12). The van der Waals surface area contributed by atoms with Crippen LogP contribution in [0.15, 0.2) is 29.0 Å². The quantitative estimate of drug-likeness (QED) is 0.791. The molecule has 3 nitrogen and oxygen atoms in total. The number of anilines is 1. The summed E-state index contributed by atoms with van der Waals surface area (Å²) >= 11 is 1.66. The lowest BCUT2D eigenvalue weighted by molar-refractivity contribution is 1.04. The molecule has 2 aromatic rings. The van der Waals surface area contributed by atoms with Crippen molar-refractivity contribution in [1.29, 1.82) is 0 Å². The molecule has 0 aliphatic heterocycles. The lowest BCUT2D eigenvalue weighted by Gasteiger charge is -1.98. The Morgan fingerprint density at radius 3 is 2.69 bits per heavy atom. The number of nitrogens with one attached hydrogen (secondary N) is 1. The third kappa shape index (κ3) is 1.67. The van der Waals surface area contributed by atoms with Crippen LogP contribution in [0.4, 0.5) is 5.82 Å². The number of nitrogens with zero attached hydrogens (tertiary/aromatic N) is 2. The van der Waals surface area contributed by atoms with Gasteiger partial charge in [-0.3, -0.25) is 0 Å². The summed E-state index contributed by atoms with van der Waals surface area (Å²) in [5.74, 6) is 0.791. The molecular weight excluding hydrogens is 182 g/mol. The van der Waals surface area contributed by atoms with Crippen LogP contribution in [0.5, 0.6) is 0 Å². The highest BCUT2D eigenvalue weighted by molar-refractivity contribution is 7.08. The van der Waals surface area contributed by atoms with E-state index in [9.17, 15) is 0 Å². The maximum Gasteiger partial charge on any atom is 0.148 e. The van der Waals surface area contributed by atoms with E-state index in [-0.39, 0.29) is 0 Å². The lowest BCUT2D eigenvalue weighted by Crippen LogP contribution is -1.94. The van der Waals surface area contributed by atoms with Crippen LogP contribution >= 0.6 is 11.3 Å². The van der Waals surface area contributed by atoms with Gasteiger partial charge in [0.1, 0.15) is 5.82 Å². The van der Waals surface area contributed by atoms with E-state index in [2.05, 4.69) is 20.9 Å². The molecule has 66 valence electrons. The molecule has 0 fully saturated rings. The van der Waals surface area contributed by atoms with Crippen LogP contribution in [-0.4, -0.2) is 17.2 Å². The van der Waals surface area contributed by atoms with Crippen molar-refractivity contribution in [2.24, 2.45) is 0 Å². The molecule has 0 aliphatic rings. The second-order valence-corrected chi connectivity index (χ2v) is 3.35. The SMILES string of the molecule is CNc1ccc(-c2ccsc2)nn1. The van der Waals surface area contributed by atoms with Crippen molar-refractivity contribution in [2.75, 3.05) is 12.4 Å². The van der Waals surface area contributed by atoms with Gasteiger partial charge in [0.2, 0.25) is 0 Å². The van der Waals surface area contributed by atoms with Crippen molar-refractivity contribution in [3.63, 3.8) is 0 Å². The molecule has 2 heterocycles. The zero-order chi connectivity index (χ0) is 9.10. The van der Waals surface area contributed by atoms with Gasteiger partial charge in [0.25, 0.3) is 0 Å². The fourth-order valence-corrected chi connectivity index (χ4v) is 1.68. The molecule has 1 N–H and O–H groups in total. The summed E-state index contributed by atoms with van der Waals surface area (Å²) in [6.07, 6.45) is 0. The summed E-state index contributed by atoms with van der Waals surface area (Å²) in [6.45, 7) is 0. The van der Waals surface area contributed by atoms with Gasteiger partial charge in [-0.25, -0.2) is 0 Å². The molecule has 0 radical (unpaired) electrons. The molecule has 0 spiro atoms. The average Bonchev–Trinajstić information content (AvgIpc) is 2.71. The minimum Gasteiger partial charge on any atom is -0.372 e. The Bertz CT molecular complexity index is 366. The van der Waals surface area contributed by atoms with Gasteiger partial charge in [0.15, 0.2) is 0 Å². The maximum absolute atomic E-state index is 4.09. The maximum atomic E-state index is 4.09. The normalized spacial score (nSPS) is 9.92. The van der Waals surface area contributed by atoms with Crippen LogP contribution in [0.3, 0.4) is 0 Å². The number of hydrogen-bond acceptors (Lipinski definition) is 4. The molecule has 0 saturated heterocycles. The molecule has 2 rings (SSSR count). The lowest BCUT2D eigenvalue weighted by atomic mass is 10.2. The summed E-state index contributed by atoms with van der Waals surface area (Å²) in [4.78, 5) is 0. The molecule has 0 bridgehead atoms. The van der Waals surface area contributed by atoms with Gasteiger partial charge in [0, 0.05) is 18.0 Å². The largest absolute Gasteiger partial charge is 0.372 e. The van der Waals surface area contributed by atoms with E-state index < -0.39 is 0 Å². The van der Waals surface area contributed by atoms with E-state index in [1.165, 1.54) is 0 Å². The minimum absolute atomic E-state index is 0.791. The van der Waals surface area contributed by atoms with Crippen LogP contribution in [0, 0.1) is 0 Å². The number of thiophene rings is 1. The predicted octanol–water partition coefficient (Wildman–Crippen LogP) is 2.25. The van der Waals surface area contributed by atoms with E-state index in [4.69, 9.17) is 0 Å². The van der Waals surface area contributed by atoms with E-state index >= 15 is 0 Å². The first-order chi connectivity index (χ1) is 6.40. The van der Waals surface area contributed by atoms with E-state index in [0.717, 1.165) is 17.1 Å². The van der Waals surface area contributed by atoms with Crippen LogP contribution in [-0.2, 0) is 0 Å². The van der Waals surface area contributed by atoms with Gasteiger partial charge >= 0.3 is 0 Å². The van der Waals surface area contributed by atoms with Crippen molar-refractivity contribution in [2.45, 2.75) is 0 Å². The summed E-state index contributed by atoms with van der Waals surface area (Å²) in [7, 11) is 1.83. The second kappa shape index (κ2) is 3.53. The molecule has 2 aromatic heterocycles. The highest BCUT2D eigenvalue weighted by atomic mass is 32.1. The summed E-state index contributed by atoms with van der Waals surface area (Å²) in [5, 5.41) is 15.1. The molecule has 4 heteroatoms. The van der Waals surface area contributed by atoms with Gasteiger partial charge in [0.05, 0.1) is 5.69 Å². The zero-order valence-electron chi connectivity index (χ0n) is 7.19. The molecule has 0 amide bonds. The van der Waals surface area contributed by atoms with Crippen molar-refractivity contribution < 1.29 is 0 Å². The number of aromatic nitrogens is 2. The molecule has 0 aromatic carbocycles. The molecule has 0 aliphatic carbocycles. The Morgan fingerprint density at radius 1 is 1.23 bits per heavy atom. The first-order valence-electron chi connectivity index (χ1n) is 3.94. The second-order valence-electron chi connectivity index (χ2n) is 2.57. The van der Waals surface area contributed by atoms with E-state index in [1.807, 2.05) is 30.6 Å². The Kier molecular flexibility index (Phi) is 2.23. The van der Waals surface area contributed by atoms with Crippen LogP contribution in [0.1, 0.15) is 0 Å². The highest BCUT2D eigenvalue weighted by Gasteiger charge is 1.99. The monoisotopic (exact) mass is 191 g/mol. The molecule has 0 saturated carbocycles. The average molecular weight is 191 g/mol. The van der Waals surface area contributed by atoms with Crippen LogP contribution in [0.2, 0.25) is 0 Å². The van der Waals surface area contributed by atoms with Crippen molar-refractivity contribution in [1.82, 2.24) is 10.2 Å². The molecule has 0 atom stereocenters. The Hall–Kier alpha value is -1.42. The predicted molar refractivity (Wildman–Crippen MR) is 54.9 cm³/mol. The number of hydrogen-bond donors (Lipinski definition) is 1. The van der Waals surface area contributed by atoms with Crippen molar-refractivity contribution in [3.8, 4) is 11.3 Å². The fraction of sp³-hybridized carbons (Fsp3) is 0.111. The molecular formula is C9H9N3S. The first kappa shape index (κ1) is 8.19. The van der Waals surface area contributed by atoms with Crippen molar-refractivity contribution in [3.05, 3.63) is 29.0 Å². The topological polar surface area (TPSA) is 37.8 Å². The van der Waals surface area contributed by atoms with E-state index in [1.54, 1.807) is 11.3 Å². The van der Waals surface area contributed by atoms with Gasteiger partial charge < -0.3 is 5.32 Å². The van der Waals surface area contributed by atoms with Crippen LogP contribution < -0.4 is 5.32 Å². The minimum atomic E-state index is 0.791. The molecule has 13 heavy (non-hydrogen) atoms. The van der Waals surface area contributed by atoms with Gasteiger partial charge in [-0.05, 0) is 23.6 Å². The highest BCUT2D eigenvalue weighted by Crippen LogP contribution is 2.19. The fourth-order valence-electron chi connectivity index (χ4n) is 1.03. The Balaban J connectivity index is 2.33. The zero-order valence-corrected chi connectivity index (χ0v) is 8.01. The smallest absolute Gasteiger partial charge is 0.148 e. The first-order valence-corrected chi connectivity index (χ1v) is 4.88. The molecule has 0 unspecified atom stereocenters. The Labute approximate surface area is 80.5 Å². The van der Waals surface area contributed by atoms with E-state index in [0.29, 0.717) is 0 Å².